The number of ether oxygens (including phenoxy) is 1. The zero-order valence-corrected chi connectivity index (χ0v) is 20.8. The van der Waals surface area contributed by atoms with Crippen LogP contribution < -0.4 is 15.5 Å². The van der Waals surface area contributed by atoms with Gasteiger partial charge in [0.05, 0.1) is 25.1 Å². The number of anilines is 1. The van der Waals surface area contributed by atoms with E-state index in [1.165, 1.54) is 18.0 Å². The summed E-state index contributed by atoms with van der Waals surface area (Å²) in [4.78, 5) is 12.2. The highest BCUT2D eigenvalue weighted by Crippen LogP contribution is 2.24. The number of halogens is 2. The Bertz CT molecular complexity index is 1120. The van der Waals surface area contributed by atoms with Crippen molar-refractivity contribution < 1.29 is 9.53 Å². The van der Waals surface area contributed by atoms with Crippen molar-refractivity contribution in [2.24, 2.45) is 12.1 Å². The van der Waals surface area contributed by atoms with E-state index < -0.39 is 0 Å². The Morgan fingerprint density at radius 1 is 1.34 bits per heavy atom. The van der Waals surface area contributed by atoms with Crippen LogP contribution in [-0.2, 0) is 11.8 Å². The van der Waals surface area contributed by atoms with Gasteiger partial charge in [-0.25, -0.2) is 5.43 Å². The lowest BCUT2D eigenvalue weighted by atomic mass is 10.2. The summed E-state index contributed by atoms with van der Waals surface area (Å²) < 4.78 is 8.03. The predicted molar refractivity (Wildman–Crippen MR) is 132 cm³/mol. The van der Waals surface area contributed by atoms with Crippen LogP contribution in [0, 0.1) is 0 Å². The van der Waals surface area contributed by atoms with Gasteiger partial charge in [-0.3, -0.25) is 4.79 Å². The Kier molecular flexibility index (Phi) is 8.54. The number of hydrazone groups is 1. The highest BCUT2D eigenvalue weighted by molar-refractivity contribution is 9.10. The number of benzene rings is 2. The normalized spacial score (nSPS) is 12.0. The molecule has 3 rings (SSSR count). The minimum atomic E-state index is -0.255. The first kappa shape index (κ1) is 24.1. The van der Waals surface area contributed by atoms with Gasteiger partial charge >= 0.3 is 0 Å². The Morgan fingerprint density at radius 2 is 2.16 bits per heavy atom. The lowest BCUT2D eigenvalue weighted by molar-refractivity contribution is -0.118. The summed E-state index contributed by atoms with van der Waals surface area (Å²) in [5.41, 5.74) is 4.15. The van der Waals surface area contributed by atoms with Crippen LogP contribution in [0.15, 0.2) is 57.2 Å². The Labute approximate surface area is 203 Å². The second-order valence-corrected chi connectivity index (χ2v) is 9.04. The van der Waals surface area contributed by atoms with Crippen molar-refractivity contribution in [2.45, 2.75) is 18.1 Å². The van der Waals surface area contributed by atoms with Crippen LogP contribution in [0.4, 0.5) is 5.69 Å². The van der Waals surface area contributed by atoms with Crippen molar-refractivity contribution >= 4 is 57.1 Å². The molecule has 0 radical (unpaired) electrons. The van der Waals surface area contributed by atoms with Crippen molar-refractivity contribution in [3.63, 3.8) is 0 Å². The number of carbonyl (C=O) groups excluding carboxylic acids is 1. The van der Waals surface area contributed by atoms with Gasteiger partial charge in [-0.05, 0) is 43.3 Å². The van der Waals surface area contributed by atoms with Gasteiger partial charge in [-0.1, -0.05) is 45.4 Å². The van der Waals surface area contributed by atoms with Gasteiger partial charge in [-0.15, -0.1) is 10.2 Å². The van der Waals surface area contributed by atoms with E-state index in [0.717, 1.165) is 21.5 Å². The summed E-state index contributed by atoms with van der Waals surface area (Å²) in [5, 5.41) is 17.1. The molecule has 2 N–H and O–H groups in total. The number of carbonyl (C=O) groups is 1. The van der Waals surface area contributed by atoms with Crippen LogP contribution >= 0.6 is 39.3 Å². The lowest BCUT2D eigenvalue weighted by Gasteiger charge is -2.15. The number of hydrogen-bond acceptors (Lipinski definition) is 7. The van der Waals surface area contributed by atoms with E-state index in [4.69, 9.17) is 16.3 Å². The van der Waals surface area contributed by atoms with Crippen LogP contribution in [0.1, 0.15) is 24.4 Å². The van der Waals surface area contributed by atoms with Crippen LogP contribution in [-0.4, -0.2) is 39.7 Å². The standard InChI is InChI=1S/C21H22BrClN6O2S/c1-13(25-17-6-4-5-16(23)10-17)20-27-28-21(29(20)2)32-12-19(30)26-24-11-14-9-15(22)7-8-18(14)31-3/h4-11,13,25H,12H2,1-3H3,(H,26,30). The number of amides is 1. The first-order valence-corrected chi connectivity index (χ1v) is 11.7. The molecular weight excluding hydrogens is 516 g/mol. The minimum Gasteiger partial charge on any atom is -0.496 e. The summed E-state index contributed by atoms with van der Waals surface area (Å²) in [6, 6.07) is 12.9. The average molecular weight is 538 g/mol. The third kappa shape index (κ3) is 6.47. The molecule has 2 aromatic carbocycles. The summed E-state index contributed by atoms with van der Waals surface area (Å²) in [6.45, 7) is 1.98. The summed E-state index contributed by atoms with van der Waals surface area (Å²) in [7, 11) is 3.44. The molecule has 0 saturated heterocycles. The van der Waals surface area contributed by atoms with E-state index in [0.29, 0.717) is 15.9 Å². The van der Waals surface area contributed by atoms with E-state index >= 15 is 0 Å². The number of thioether (sulfide) groups is 1. The second-order valence-electron chi connectivity index (χ2n) is 6.74. The monoisotopic (exact) mass is 536 g/mol. The molecule has 1 heterocycles. The Morgan fingerprint density at radius 3 is 2.91 bits per heavy atom. The molecule has 0 aliphatic rings. The molecular formula is C21H22BrClN6O2S. The number of nitrogens with zero attached hydrogens (tertiary/aromatic N) is 4. The van der Waals surface area contributed by atoms with Gasteiger partial charge in [0.25, 0.3) is 5.91 Å². The van der Waals surface area contributed by atoms with Crippen LogP contribution in [0.2, 0.25) is 5.02 Å². The molecule has 0 aliphatic carbocycles. The molecule has 1 atom stereocenters. The number of aromatic nitrogens is 3. The molecule has 1 aromatic heterocycles. The van der Waals surface area contributed by atoms with Crippen molar-refractivity contribution in [1.29, 1.82) is 0 Å². The minimum absolute atomic E-state index is 0.0982. The SMILES string of the molecule is COc1ccc(Br)cc1C=NNC(=O)CSc1nnc(C(C)Nc2cccc(Cl)c2)n1C. The number of hydrogen-bond donors (Lipinski definition) is 2. The Hall–Kier alpha value is -2.56. The van der Waals surface area contributed by atoms with Gasteiger partial charge in [0.15, 0.2) is 11.0 Å². The maximum atomic E-state index is 12.2. The first-order chi connectivity index (χ1) is 15.4. The fraction of sp³-hybridized carbons (Fsp3) is 0.238. The molecule has 0 fully saturated rings. The lowest BCUT2D eigenvalue weighted by Crippen LogP contribution is -2.20. The molecule has 11 heteroatoms. The molecule has 0 bridgehead atoms. The third-order valence-corrected chi connectivity index (χ3v) is 6.13. The number of nitrogens with one attached hydrogen (secondary N) is 2. The van der Waals surface area contributed by atoms with E-state index in [1.807, 2.05) is 61.0 Å². The van der Waals surface area contributed by atoms with E-state index in [-0.39, 0.29) is 17.7 Å². The van der Waals surface area contributed by atoms with Gasteiger partial charge in [0.1, 0.15) is 5.75 Å². The topological polar surface area (TPSA) is 93.4 Å². The highest BCUT2D eigenvalue weighted by atomic mass is 79.9. The van der Waals surface area contributed by atoms with Crippen LogP contribution in [0.3, 0.4) is 0 Å². The quantitative estimate of drug-likeness (QED) is 0.234. The fourth-order valence-corrected chi connectivity index (χ4v) is 4.14. The average Bonchev–Trinajstić information content (AvgIpc) is 3.13. The molecule has 8 nitrogen and oxygen atoms in total. The zero-order chi connectivity index (χ0) is 23.1. The van der Waals surface area contributed by atoms with E-state index in [2.05, 4.69) is 42.0 Å². The van der Waals surface area contributed by atoms with Crippen LogP contribution in [0.5, 0.6) is 5.75 Å². The van der Waals surface area contributed by atoms with Crippen molar-refractivity contribution in [3.8, 4) is 5.75 Å². The van der Waals surface area contributed by atoms with Crippen molar-refractivity contribution in [1.82, 2.24) is 20.2 Å². The molecule has 1 amide bonds. The Balaban J connectivity index is 1.54. The maximum absolute atomic E-state index is 12.2. The second kappa shape index (κ2) is 11.3. The first-order valence-electron chi connectivity index (χ1n) is 9.57. The van der Waals surface area contributed by atoms with E-state index in [9.17, 15) is 4.79 Å². The predicted octanol–water partition coefficient (Wildman–Crippen LogP) is 4.66. The van der Waals surface area contributed by atoms with Gasteiger partial charge < -0.3 is 14.6 Å². The highest BCUT2D eigenvalue weighted by Gasteiger charge is 2.16. The molecule has 3 aromatic rings. The molecule has 32 heavy (non-hydrogen) atoms. The van der Waals surface area contributed by atoms with Crippen molar-refractivity contribution in [3.05, 3.63) is 63.3 Å². The summed E-state index contributed by atoms with van der Waals surface area (Å²) >= 11 is 10.7. The fourth-order valence-electron chi connectivity index (χ4n) is 2.86. The molecule has 0 saturated carbocycles. The van der Waals surface area contributed by atoms with Gasteiger partial charge in [-0.2, -0.15) is 5.10 Å². The summed E-state index contributed by atoms with van der Waals surface area (Å²) in [6.07, 6.45) is 1.54. The van der Waals surface area contributed by atoms with E-state index in [1.54, 1.807) is 7.11 Å². The van der Waals surface area contributed by atoms with Gasteiger partial charge in [0, 0.05) is 27.8 Å². The number of methoxy groups -OCH3 is 1. The molecule has 0 spiro atoms. The maximum Gasteiger partial charge on any atom is 0.250 e. The largest absolute Gasteiger partial charge is 0.496 e. The molecule has 1 unspecified atom stereocenters. The smallest absolute Gasteiger partial charge is 0.250 e. The van der Waals surface area contributed by atoms with Crippen molar-refractivity contribution in [2.75, 3.05) is 18.2 Å². The zero-order valence-electron chi connectivity index (χ0n) is 17.7. The number of rotatable bonds is 9. The molecule has 0 aliphatic heterocycles. The van der Waals surface area contributed by atoms with Crippen LogP contribution in [0.25, 0.3) is 0 Å². The molecule has 168 valence electrons. The summed E-state index contributed by atoms with van der Waals surface area (Å²) in [5.74, 6) is 1.30. The third-order valence-electron chi connectivity index (χ3n) is 4.38. The van der Waals surface area contributed by atoms with Gasteiger partial charge in [0.2, 0.25) is 0 Å².